The highest BCUT2D eigenvalue weighted by atomic mass is 16.6. The van der Waals surface area contributed by atoms with Crippen LogP contribution in [0.4, 0.5) is 10.5 Å². The molecule has 15 nitrogen and oxygen atoms in total. The number of carbonyl (C=O) groups excluding carboxylic acids is 2. The molecule has 0 saturated carbocycles. The highest BCUT2D eigenvalue weighted by Gasteiger charge is 2.32. The Balaban J connectivity index is 1.72. The molecule has 2 aromatic rings. The molecule has 5 N–H and O–H groups in total. The minimum Gasteiger partial charge on any atom is -0.500 e. The zero-order chi connectivity index (χ0) is 29.4. The van der Waals surface area contributed by atoms with Crippen LogP contribution in [0.1, 0.15) is 31.0 Å². The molecule has 2 aromatic carbocycles. The lowest BCUT2D eigenvalue weighted by Gasteiger charge is -2.28. The van der Waals surface area contributed by atoms with Crippen LogP contribution < -0.4 is 30.3 Å². The maximum absolute atomic E-state index is 12.4. The average molecular weight is 560 g/mol. The number of phenolic OH excluding ortho intramolecular Hbond substituents is 1. The van der Waals surface area contributed by atoms with Crippen LogP contribution in [0.15, 0.2) is 46.7 Å². The summed E-state index contributed by atoms with van der Waals surface area (Å²) in [5, 5.41) is 40.4. The summed E-state index contributed by atoms with van der Waals surface area (Å²) in [5.41, 5.74) is 3.21. The van der Waals surface area contributed by atoms with Crippen molar-refractivity contribution in [1.82, 2.24) is 16.1 Å². The van der Waals surface area contributed by atoms with E-state index in [2.05, 4.69) is 21.2 Å². The molecule has 40 heavy (non-hydrogen) atoms. The molecule has 1 aliphatic rings. The number of aliphatic hydroxyl groups excluding tert-OH is 1. The second-order valence-electron chi connectivity index (χ2n) is 8.26. The molecule has 0 bridgehead atoms. The Morgan fingerprint density at radius 1 is 1.23 bits per heavy atom. The van der Waals surface area contributed by atoms with Crippen molar-refractivity contribution in [3.63, 3.8) is 0 Å². The van der Waals surface area contributed by atoms with E-state index < -0.39 is 40.6 Å². The Morgan fingerprint density at radius 3 is 2.62 bits per heavy atom. The number of amides is 2. The Bertz CT molecular complexity index is 1340. The third-order valence-electron chi connectivity index (χ3n) is 5.60. The van der Waals surface area contributed by atoms with Gasteiger partial charge >= 0.3 is 17.7 Å². The smallest absolute Gasteiger partial charge is 0.337 e. The summed E-state index contributed by atoms with van der Waals surface area (Å²) in [6.07, 6.45) is -0.0973. The number of urea groups is 1. The van der Waals surface area contributed by atoms with E-state index in [9.17, 15) is 29.9 Å². The Labute approximate surface area is 228 Å². The van der Waals surface area contributed by atoms with Crippen LogP contribution in [-0.4, -0.2) is 67.0 Å². The van der Waals surface area contributed by atoms with Gasteiger partial charge in [-0.2, -0.15) is 5.10 Å². The second kappa shape index (κ2) is 13.1. The number of hydrogen-bond acceptors (Lipinski definition) is 12. The van der Waals surface area contributed by atoms with E-state index in [1.807, 2.05) is 0 Å². The first-order chi connectivity index (χ1) is 19.1. The number of hydrazone groups is 1. The summed E-state index contributed by atoms with van der Waals surface area (Å²) in [7, 11) is 2.49. The number of phenols is 1. The number of allylic oxidation sites excluding steroid dienone is 1. The fourth-order valence-electron chi connectivity index (χ4n) is 3.80. The zero-order valence-corrected chi connectivity index (χ0v) is 22.1. The van der Waals surface area contributed by atoms with Crippen LogP contribution in [0.3, 0.4) is 0 Å². The maximum atomic E-state index is 12.4. The molecule has 0 aromatic heterocycles. The SMILES string of the molecule is CCOc1cc([C@@H]2NC(=O)NC(C)=C2C(=O)OC)ccc1OC[C@@H](O)N/N=C\c1cc(OC)c(O)c([N+](=O)[O-])c1. The van der Waals surface area contributed by atoms with E-state index in [4.69, 9.17) is 18.9 Å². The standard InChI is InChI=1S/C25H29N5O10/c1-5-39-18-10-15(22-21(24(33)38-4)13(2)27-25(34)28-22)6-7-17(18)40-12-20(31)29-26-11-14-8-16(30(35)36)23(32)19(9-14)37-3/h6-11,20,22,29,31-32H,5,12H2,1-4H3,(H2,27,28,34)/b26-11-/t20-,22+/m1/s1. The van der Waals surface area contributed by atoms with Crippen molar-refractivity contribution in [2.75, 3.05) is 27.4 Å². The van der Waals surface area contributed by atoms with Gasteiger partial charge < -0.3 is 39.8 Å². The van der Waals surface area contributed by atoms with Gasteiger partial charge in [0.25, 0.3) is 0 Å². The lowest BCUT2D eigenvalue weighted by Crippen LogP contribution is -2.45. The molecule has 0 spiro atoms. The van der Waals surface area contributed by atoms with Gasteiger partial charge in [0, 0.05) is 17.3 Å². The first-order valence-corrected chi connectivity index (χ1v) is 11.9. The molecule has 0 aliphatic carbocycles. The quantitative estimate of drug-likeness (QED) is 0.0834. The molecule has 2 atom stereocenters. The van der Waals surface area contributed by atoms with E-state index in [1.165, 1.54) is 26.5 Å². The largest absolute Gasteiger partial charge is 0.500 e. The summed E-state index contributed by atoms with van der Waals surface area (Å²) in [4.78, 5) is 34.8. The molecule has 2 amide bonds. The minimum absolute atomic E-state index is 0.111. The van der Waals surface area contributed by atoms with Gasteiger partial charge in [0.05, 0.1) is 43.6 Å². The van der Waals surface area contributed by atoms with Crippen LogP contribution in [-0.2, 0) is 9.53 Å². The number of esters is 1. The number of nitrogens with one attached hydrogen (secondary N) is 3. The summed E-state index contributed by atoms with van der Waals surface area (Å²) in [6, 6.07) is 5.95. The fraction of sp³-hybridized carbons (Fsp3) is 0.320. The first-order valence-electron chi connectivity index (χ1n) is 11.9. The summed E-state index contributed by atoms with van der Waals surface area (Å²) in [6.45, 7) is 3.37. The molecule has 1 aliphatic heterocycles. The number of methoxy groups -OCH3 is 2. The predicted molar refractivity (Wildman–Crippen MR) is 140 cm³/mol. The van der Waals surface area contributed by atoms with E-state index in [1.54, 1.807) is 32.0 Å². The monoisotopic (exact) mass is 559 g/mol. The molecular formula is C25H29N5O10. The van der Waals surface area contributed by atoms with Gasteiger partial charge in [-0.15, -0.1) is 0 Å². The number of benzene rings is 2. The normalized spacial score (nSPS) is 15.6. The molecule has 0 saturated heterocycles. The molecule has 214 valence electrons. The minimum atomic E-state index is -1.29. The number of nitrogens with zero attached hydrogens (tertiary/aromatic N) is 2. The number of hydrogen-bond donors (Lipinski definition) is 5. The van der Waals surface area contributed by atoms with Crippen molar-refractivity contribution in [2.45, 2.75) is 26.1 Å². The fourth-order valence-corrected chi connectivity index (χ4v) is 3.80. The van der Waals surface area contributed by atoms with Crippen LogP contribution in [0.5, 0.6) is 23.0 Å². The molecular weight excluding hydrogens is 530 g/mol. The van der Waals surface area contributed by atoms with Crippen molar-refractivity contribution >= 4 is 23.9 Å². The van der Waals surface area contributed by atoms with Crippen molar-refractivity contribution in [2.24, 2.45) is 5.10 Å². The summed E-state index contributed by atoms with van der Waals surface area (Å²) >= 11 is 0. The van der Waals surface area contributed by atoms with Gasteiger partial charge in [-0.3, -0.25) is 15.5 Å². The molecule has 1 heterocycles. The number of ether oxygens (including phenoxy) is 4. The van der Waals surface area contributed by atoms with E-state index in [0.717, 1.165) is 6.07 Å². The van der Waals surface area contributed by atoms with E-state index >= 15 is 0 Å². The molecule has 3 rings (SSSR count). The Morgan fingerprint density at radius 2 is 1.98 bits per heavy atom. The third kappa shape index (κ3) is 6.87. The van der Waals surface area contributed by atoms with Gasteiger partial charge in [0.1, 0.15) is 6.61 Å². The molecule has 0 fully saturated rings. The molecule has 0 radical (unpaired) electrons. The van der Waals surface area contributed by atoms with Gasteiger partial charge in [-0.1, -0.05) is 6.07 Å². The van der Waals surface area contributed by atoms with Gasteiger partial charge in [-0.25, -0.2) is 9.59 Å². The maximum Gasteiger partial charge on any atom is 0.337 e. The Hall–Kier alpha value is -5.05. The molecule has 0 unspecified atom stereocenters. The highest BCUT2D eigenvalue weighted by molar-refractivity contribution is 5.95. The number of nitro groups is 1. The number of aromatic hydroxyl groups is 1. The van der Waals surface area contributed by atoms with Gasteiger partial charge in [0.15, 0.2) is 23.5 Å². The third-order valence-corrected chi connectivity index (χ3v) is 5.60. The van der Waals surface area contributed by atoms with Gasteiger partial charge in [-0.05, 0) is 37.6 Å². The molecule has 15 heteroatoms. The second-order valence-corrected chi connectivity index (χ2v) is 8.26. The summed E-state index contributed by atoms with van der Waals surface area (Å²) in [5.74, 6) is -0.760. The number of aliphatic hydroxyl groups is 1. The lowest BCUT2D eigenvalue weighted by atomic mass is 9.95. The van der Waals surface area contributed by atoms with Crippen molar-refractivity contribution in [3.05, 3.63) is 62.8 Å². The van der Waals surface area contributed by atoms with Crippen molar-refractivity contribution < 1.29 is 43.7 Å². The number of nitro benzene ring substituents is 1. The topological polar surface area (TPSA) is 203 Å². The van der Waals surface area contributed by atoms with Crippen molar-refractivity contribution in [3.8, 4) is 23.0 Å². The number of rotatable bonds is 12. The predicted octanol–water partition coefficient (Wildman–Crippen LogP) is 1.83. The van der Waals surface area contributed by atoms with E-state index in [0.29, 0.717) is 17.0 Å². The zero-order valence-electron chi connectivity index (χ0n) is 22.1. The summed E-state index contributed by atoms with van der Waals surface area (Å²) < 4.78 is 21.2. The lowest BCUT2D eigenvalue weighted by molar-refractivity contribution is -0.386. The van der Waals surface area contributed by atoms with E-state index in [-0.39, 0.29) is 35.8 Å². The number of carbonyl (C=O) groups is 2. The van der Waals surface area contributed by atoms with Crippen LogP contribution in [0, 0.1) is 10.1 Å². The van der Waals surface area contributed by atoms with Crippen LogP contribution >= 0.6 is 0 Å². The first kappa shape index (κ1) is 29.5. The Kier molecular flexibility index (Phi) is 9.70. The average Bonchev–Trinajstić information content (AvgIpc) is 2.92. The van der Waals surface area contributed by atoms with Crippen LogP contribution in [0.2, 0.25) is 0 Å². The van der Waals surface area contributed by atoms with Crippen LogP contribution in [0.25, 0.3) is 0 Å². The van der Waals surface area contributed by atoms with Crippen molar-refractivity contribution in [1.29, 1.82) is 0 Å². The highest BCUT2D eigenvalue weighted by Crippen LogP contribution is 2.37. The van der Waals surface area contributed by atoms with Gasteiger partial charge in [0.2, 0.25) is 5.75 Å².